The van der Waals surface area contributed by atoms with Gasteiger partial charge in [-0.15, -0.1) is 0 Å². The second kappa shape index (κ2) is 6.97. The van der Waals surface area contributed by atoms with E-state index >= 15 is 0 Å². The number of benzene rings is 2. The maximum absolute atomic E-state index is 6.28. The molecule has 0 fully saturated rings. The Labute approximate surface area is 131 Å². The number of rotatable bonds is 5. The molecule has 0 saturated carbocycles. The maximum atomic E-state index is 6.28. The zero-order chi connectivity index (χ0) is 15.4. The van der Waals surface area contributed by atoms with Crippen LogP contribution in [0.15, 0.2) is 42.5 Å². The molecule has 2 atom stereocenters. The third kappa shape index (κ3) is 4.76. The molecule has 0 saturated heterocycles. The minimum Gasteiger partial charge on any atom is -0.489 e. The van der Waals surface area contributed by atoms with Crippen LogP contribution in [0.4, 0.5) is 0 Å². The van der Waals surface area contributed by atoms with Gasteiger partial charge in [0.05, 0.1) is 0 Å². The second-order valence-electron chi connectivity index (χ2n) is 5.64. The molecule has 2 rings (SSSR count). The lowest BCUT2D eigenvalue weighted by Crippen LogP contribution is -2.38. The van der Waals surface area contributed by atoms with Crippen molar-refractivity contribution in [2.45, 2.75) is 39.3 Å². The molecule has 112 valence electrons. The third-order valence-electron chi connectivity index (χ3n) is 3.47. The number of hydrogen-bond donors (Lipinski definition) is 1. The Morgan fingerprint density at radius 2 is 1.76 bits per heavy atom. The first-order chi connectivity index (χ1) is 9.94. The molecule has 0 aliphatic rings. The number of halogens is 1. The molecule has 0 aromatic heterocycles. The van der Waals surface area contributed by atoms with Crippen molar-refractivity contribution in [1.82, 2.24) is 0 Å². The number of ether oxygens (including phenoxy) is 1. The predicted molar refractivity (Wildman–Crippen MR) is 89.1 cm³/mol. The average molecular weight is 304 g/mol. The van der Waals surface area contributed by atoms with Crippen LogP contribution in [0.2, 0.25) is 5.02 Å². The normalized spacial score (nSPS) is 13.8. The summed E-state index contributed by atoms with van der Waals surface area (Å²) >= 11 is 5.96. The lowest BCUT2D eigenvalue weighted by molar-refractivity contribution is 0.189. The highest BCUT2D eigenvalue weighted by atomic mass is 35.5. The van der Waals surface area contributed by atoms with E-state index in [1.807, 2.05) is 31.2 Å². The summed E-state index contributed by atoms with van der Waals surface area (Å²) in [6.07, 6.45) is 0.717. The Morgan fingerprint density at radius 3 is 2.38 bits per heavy atom. The maximum Gasteiger partial charge on any atom is 0.121 e. The van der Waals surface area contributed by atoms with Gasteiger partial charge in [-0.2, -0.15) is 0 Å². The van der Waals surface area contributed by atoms with Crippen LogP contribution in [0, 0.1) is 13.8 Å². The van der Waals surface area contributed by atoms with Gasteiger partial charge in [0.15, 0.2) is 0 Å². The van der Waals surface area contributed by atoms with Gasteiger partial charge in [0.2, 0.25) is 0 Å². The van der Waals surface area contributed by atoms with Gasteiger partial charge in [-0.05, 0) is 51.0 Å². The Bertz CT molecular complexity index is 592. The van der Waals surface area contributed by atoms with Crippen molar-refractivity contribution in [3.05, 3.63) is 64.2 Å². The molecule has 0 spiro atoms. The minimum absolute atomic E-state index is 0.0646. The molecule has 2 nitrogen and oxygen atoms in total. The SMILES string of the molecule is Cc1cc(C)cc(CC(N)C(C)Oc2cccc(Cl)c2)c1. The van der Waals surface area contributed by atoms with Crippen LogP contribution in [0.5, 0.6) is 5.75 Å². The quantitative estimate of drug-likeness (QED) is 0.894. The van der Waals surface area contributed by atoms with E-state index in [1.54, 1.807) is 0 Å². The van der Waals surface area contributed by atoms with Crippen molar-refractivity contribution in [1.29, 1.82) is 0 Å². The molecule has 0 aliphatic heterocycles. The van der Waals surface area contributed by atoms with Crippen LogP contribution in [0.25, 0.3) is 0 Å². The van der Waals surface area contributed by atoms with Gasteiger partial charge in [0.1, 0.15) is 11.9 Å². The lowest BCUT2D eigenvalue weighted by atomic mass is 9.99. The van der Waals surface area contributed by atoms with E-state index in [2.05, 4.69) is 32.0 Å². The summed E-state index contributed by atoms with van der Waals surface area (Å²) in [6.45, 7) is 6.20. The van der Waals surface area contributed by atoms with Crippen molar-refractivity contribution in [2.24, 2.45) is 5.73 Å². The van der Waals surface area contributed by atoms with Gasteiger partial charge >= 0.3 is 0 Å². The Balaban J connectivity index is 2.00. The lowest BCUT2D eigenvalue weighted by Gasteiger charge is -2.22. The second-order valence-corrected chi connectivity index (χ2v) is 6.08. The average Bonchev–Trinajstić information content (AvgIpc) is 2.37. The van der Waals surface area contributed by atoms with Gasteiger partial charge in [0, 0.05) is 11.1 Å². The van der Waals surface area contributed by atoms with Crippen molar-refractivity contribution in [3.63, 3.8) is 0 Å². The predicted octanol–water partition coefficient (Wildman–Crippen LogP) is 4.29. The fraction of sp³-hybridized carbons (Fsp3) is 0.333. The number of hydrogen-bond acceptors (Lipinski definition) is 2. The van der Waals surface area contributed by atoms with E-state index in [0.29, 0.717) is 5.02 Å². The first-order valence-corrected chi connectivity index (χ1v) is 7.57. The van der Waals surface area contributed by atoms with E-state index in [0.717, 1.165) is 12.2 Å². The zero-order valence-corrected chi connectivity index (χ0v) is 13.5. The summed E-state index contributed by atoms with van der Waals surface area (Å²) in [7, 11) is 0. The molecule has 21 heavy (non-hydrogen) atoms. The zero-order valence-electron chi connectivity index (χ0n) is 12.8. The summed E-state index contributed by atoms with van der Waals surface area (Å²) in [4.78, 5) is 0. The van der Waals surface area contributed by atoms with Crippen LogP contribution >= 0.6 is 11.6 Å². The van der Waals surface area contributed by atoms with Crippen LogP contribution in [0.3, 0.4) is 0 Å². The molecule has 0 amide bonds. The summed E-state index contributed by atoms with van der Waals surface area (Å²) < 4.78 is 5.88. The first kappa shape index (κ1) is 15.9. The molecule has 2 unspecified atom stereocenters. The molecule has 0 radical (unpaired) electrons. The highest BCUT2D eigenvalue weighted by Crippen LogP contribution is 2.20. The standard InChI is InChI=1S/C18H22ClNO/c1-12-7-13(2)9-15(8-12)10-18(20)14(3)21-17-6-4-5-16(19)11-17/h4-9,11,14,18H,10,20H2,1-3H3. The van der Waals surface area contributed by atoms with Crippen molar-refractivity contribution in [3.8, 4) is 5.75 Å². The van der Waals surface area contributed by atoms with Crippen molar-refractivity contribution < 1.29 is 4.74 Å². The van der Waals surface area contributed by atoms with Gasteiger partial charge in [-0.3, -0.25) is 0 Å². The van der Waals surface area contributed by atoms with E-state index in [-0.39, 0.29) is 12.1 Å². The number of aryl methyl sites for hydroxylation is 2. The van der Waals surface area contributed by atoms with E-state index in [4.69, 9.17) is 22.1 Å². The molecule has 0 heterocycles. The van der Waals surface area contributed by atoms with Gasteiger partial charge in [-0.1, -0.05) is 47.0 Å². The van der Waals surface area contributed by atoms with Crippen molar-refractivity contribution in [2.75, 3.05) is 0 Å². The highest BCUT2D eigenvalue weighted by molar-refractivity contribution is 6.30. The molecule has 2 N–H and O–H groups in total. The topological polar surface area (TPSA) is 35.2 Å². The third-order valence-corrected chi connectivity index (χ3v) is 3.71. The fourth-order valence-electron chi connectivity index (χ4n) is 2.47. The molecule has 2 aromatic rings. The number of nitrogens with two attached hydrogens (primary N) is 1. The highest BCUT2D eigenvalue weighted by Gasteiger charge is 2.15. The van der Waals surface area contributed by atoms with E-state index in [1.165, 1.54) is 16.7 Å². The Hall–Kier alpha value is -1.51. The van der Waals surface area contributed by atoms with Gasteiger partial charge in [-0.25, -0.2) is 0 Å². The van der Waals surface area contributed by atoms with E-state index < -0.39 is 0 Å². The van der Waals surface area contributed by atoms with E-state index in [9.17, 15) is 0 Å². The molecule has 0 bridgehead atoms. The monoisotopic (exact) mass is 303 g/mol. The van der Waals surface area contributed by atoms with Crippen LogP contribution in [0.1, 0.15) is 23.6 Å². The Morgan fingerprint density at radius 1 is 1.10 bits per heavy atom. The van der Waals surface area contributed by atoms with Gasteiger partial charge in [0.25, 0.3) is 0 Å². The summed E-state index contributed by atoms with van der Waals surface area (Å²) in [6, 6.07) is 13.9. The minimum atomic E-state index is -0.0794. The van der Waals surface area contributed by atoms with Crippen LogP contribution in [-0.4, -0.2) is 12.1 Å². The summed E-state index contributed by atoms with van der Waals surface area (Å²) in [5.41, 5.74) is 10.1. The fourth-order valence-corrected chi connectivity index (χ4v) is 2.65. The molecule has 2 aromatic carbocycles. The van der Waals surface area contributed by atoms with Gasteiger partial charge < -0.3 is 10.5 Å². The summed E-state index contributed by atoms with van der Waals surface area (Å²) in [5.74, 6) is 0.755. The molecule has 3 heteroatoms. The Kier molecular flexibility index (Phi) is 5.27. The van der Waals surface area contributed by atoms with Crippen molar-refractivity contribution >= 4 is 11.6 Å². The first-order valence-electron chi connectivity index (χ1n) is 7.19. The van der Waals surface area contributed by atoms with Crippen LogP contribution in [-0.2, 0) is 6.42 Å². The molecule has 0 aliphatic carbocycles. The molecular formula is C18H22ClNO. The van der Waals surface area contributed by atoms with Crippen LogP contribution < -0.4 is 10.5 Å². The summed E-state index contributed by atoms with van der Waals surface area (Å²) in [5, 5.41) is 0.669. The smallest absolute Gasteiger partial charge is 0.121 e. The largest absolute Gasteiger partial charge is 0.489 e. The molecular weight excluding hydrogens is 282 g/mol.